The van der Waals surface area contributed by atoms with Gasteiger partial charge in [0.1, 0.15) is 12.2 Å². The predicted octanol–water partition coefficient (Wildman–Crippen LogP) is 1.55. The van der Waals surface area contributed by atoms with Crippen molar-refractivity contribution in [3.05, 3.63) is 12.7 Å². The molecule has 0 saturated heterocycles. The molecule has 0 unspecified atom stereocenters. The summed E-state index contributed by atoms with van der Waals surface area (Å²) < 4.78 is 4.94. The first-order valence-electron chi connectivity index (χ1n) is 8.27. The molecular weight excluding hydrogens is 308 g/mol. The minimum atomic E-state index is -1.31. The van der Waals surface area contributed by atoms with E-state index in [2.05, 4.69) is 37.2 Å². The van der Waals surface area contributed by atoms with E-state index in [1.165, 1.54) is 13.0 Å². The summed E-state index contributed by atoms with van der Waals surface area (Å²) in [6, 6.07) is 0. The minimum absolute atomic E-state index is 0.408. The number of rotatable bonds is 10. The van der Waals surface area contributed by atoms with E-state index in [1.54, 1.807) is 0 Å². The van der Waals surface area contributed by atoms with Crippen molar-refractivity contribution in [3.63, 3.8) is 0 Å². The zero-order valence-electron chi connectivity index (χ0n) is 14.5. The topological polar surface area (TPSA) is 87.0 Å². The number of esters is 1. The van der Waals surface area contributed by atoms with E-state index >= 15 is 0 Å². The molecule has 0 radical (unpaired) electrons. The quantitative estimate of drug-likeness (QED) is 0.244. The second-order valence-electron chi connectivity index (χ2n) is 5.51. The van der Waals surface area contributed by atoms with Gasteiger partial charge in [0.05, 0.1) is 6.10 Å². The fourth-order valence-corrected chi connectivity index (χ4v) is 1.97. The van der Waals surface area contributed by atoms with Crippen molar-refractivity contribution in [1.29, 1.82) is 0 Å². The van der Waals surface area contributed by atoms with E-state index in [4.69, 9.17) is 4.74 Å². The Morgan fingerprint density at radius 1 is 1.12 bits per heavy atom. The highest BCUT2D eigenvalue weighted by molar-refractivity contribution is 5.66. The highest BCUT2D eigenvalue weighted by Gasteiger charge is 2.27. The Morgan fingerprint density at radius 2 is 1.75 bits per heavy atom. The van der Waals surface area contributed by atoms with Crippen LogP contribution in [-0.4, -0.2) is 45.7 Å². The van der Waals surface area contributed by atoms with Crippen molar-refractivity contribution >= 4 is 5.97 Å². The highest BCUT2D eigenvalue weighted by atomic mass is 16.6. The monoisotopic (exact) mass is 336 g/mol. The Kier molecular flexibility index (Phi) is 12.6. The minimum Gasteiger partial charge on any atom is -0.446 e. The number of aliphatic hydroxyl groups is 3. The van der Waals surface area contributed by atoms with Gasteiger partial charge in [-0.25, -0.2) is 0 Å². The SMILES string of the molecule is C=C[C@H](O)C#CC#C[C@@H](OC(C)=O)[C@H](O)[C@H](O)CCCCCCC. The van der Waals surface area contributed by atoms with Gasteiger partial charge < -0.3 is 20.1 Å². The van der Waals surface area contributed by atoms with Crippen LogP contribution < -0.4 is 0 Å². The summed E-state index contributed by atoms with van der Waals surface area (Å²) in [5.74, 6) is 9.08. The van der Waals surface area contributed by atoms with Crippen LogP contribution in [0.25, 0.3) is 0 Å². The molecule has 0 rings (SSSR count). The van der Waals surface area contributed by atoms with Gasteiger partial charge in [0.15, 0.2) is 6.10 Å². The van der Waals surface area contributed by atoms with Gasteiger partial charge in [-0.2, -0.15) is 0 Å². The third kappa shape index (κ3) is 10.9. The molecule has 0 aliphatic carbocycles. The van der Waals surface area contributed by atoms with Crippen LogP contribution >= 0.6 is 0 Å². The lowest BCUT2D eigenvalue weighted by atomic mass is 10.0. The molecule has 0 aliphatic rings. The van der Waals surface area contributed by atoms with Crippen LogP contribution in [0.4, 0.5) is 0 Å². The second-order valence-corrected chi connectivity index (χ2v) is 5.51. The Hall–Kier alpha value is -1.79. The molecule has 0 aromatic carbocycles. The third-order valence-electron chi connectivity index (χ3n) is 3.32. The summed E-state index contributed by atoms with van der Waals surface area (Å²) in [6.07, 6.45) is 2.29. The zero-order valence-corrected chi connectivity index (χ0v) is 14.5. The number of ether oxygens (including phenoxy) is 1. The van der Waals surface area contributed by atoms with Gasteiger partial charge >= 0.3 is 5.97 Å². The standard InChI is InChI=1S/C19H28O5/c1-4-6-7-8-9-13-17(22)19(23)18(24-15(3)20)14-11-10-12-16(21)5-2/h5,16-19,21-23H,2,4,6-9,13H2,1,3H3/t16-,17+,18+,19+/m0/s1. The second kappa shape index (κ2) is 13.6. The zero-order chi connectivity index (χ0) is 18.4. The Bertz CT molecular complexity index is 491. The number of hydrogen-bond donors (Lipinski definition) is 3. The molecule has 0 spiro atoms. The number of carbonyl (C=O) groups excluding carboxylic acids is 1. The molecule has 0 amide bonds. The van der Waals surface area contributed by atoms with E-state index in [-0.39, 0.29) is 0 Å². The van der Waals surface area contributed by atoms with Crippen LogP contribution in [0.2, 0.25) is 0 Å². The molecule has 0 aliphatic heterocycles. The molecule has 0 fully saturated rings. The number of unbranched alkanes of at least 4 members (excludes halogenated alkanes) is 4. The van der Waals surface area contributed by atoms with Crippen molar-refractivity contribution in [3.8, 4) is 23.7 Å². The van der Waals surface area contributed by atoms with Crippen molar-refractivity contribution in [2.75, 3.05) is 0 Å². The Balaban J connectivity index is 4.65. The normalized spacial score (nSPS) is 14.9. The van der Waals surface area contributed by atoms with E-state index in [9.17, 15) is 20.1 Å². The molecule has 5 nitrogen and oxygen atoms in total. The molecule has 134 valence electrons. The average Bonchev–Trinajstić information content (AvgIpc) is 2.55. The molecule has 0 saturated carbocycles. The fourth-order valence-electron chi connectivity index (χ4n) is 1.97. The summed E-state index contributed by atoms with van der Waals surface area (Å²) in [6.45, 7) is 6.69. The van der Waals surface area contributed by atoms with Crippen molar-refractivity contribution in [1.82, 2.24) is 0 Å². The maximum Gasteiger partial charge on any atom is 0.303 e. The van der Waals surface area contributed by atoms with Crippen LogP contribution in [-0.2, 0) is 9.53 Å². The average molecular weight is 336 g/mol. The Morgan fingerprint density at radius 3 is 2.33 bits per heavy atom. The lowest BCUT2D eigenvalue weighted by Gasteiger charge is -2.22. The summed E-state index contributed by atoms with van der Waals surface area (Å²) in [5.41, 5.74) is 0. The highest BCUT2D eigenvalue weighted by Crippen LogP contribution is 2.13. The van der Waals surface area contributed by atoms with Gasteiger partial charge in [-0.05, 0) is 24.2 Å². The van der Waals surface area contributed by atoms with Gasteiger partial charge in [0, 0.05) is 6.92 Å². The summed E-state index contributed by atoms with van der Waals surface area (Å²) in [5, 5.41) is 29.4. The smallest absolute Gasteiger partial charge is 0.303 e. The summed E-state index contributed by atoms with van der Waals surface area (Å²) in [7, 11) is 0. The largest absolute Gasteiger partial charge is 0.446 e. The fraction of sp³-hybridized carbons (Fsp3) is 0.632. The maximum atomic E-state index is 11.1. The number of hydrogen-bond acceptors (Lipinski definition) is 5. The molecule has 0 heterocycles. The maximum absolute atomic E-state index is 11.1. The molecule has 3 N–H and O–H groups in total. The predicted molar refractivity (Wildman–Crippen MR) is 92.7 cm³/mol. The number of aliphatic hydroxyl groups excluding tert-OH is 3. The van der Waals surface area contributed by atoms with Gasteiger partial charge in [0.2, 0.25) is 0 Å². The summed E-state index contributed by atoms with van der Waals surface area (Å²) >= 11 is 0. The van der Waals surface area contributed by atoms with E-state index in [1.807, 2.05) is 0 Å². The Labute approximate surface area is 144 Å². The first kappa shape index (κ1) is 22.2. The molecule has 5 heteroatoms. The first-order chi connectivity index (χ1) is 11.4. The first-order valence-corrected chi connectivity index (χ1v) is 8.27. The van der Waals surface area contributed by atoms with Crippen molar-refractivity contribution in [2.45, 2.75) is 76.8 Å². The third-order valence-corrected chi connectivity index (χ3v) is 3.32. The van der Waals surface area contributed by atoms with Crippen LogP contribution in [0.5, 0.6) is 0 Å². The van der Waals surface area contributed by atoms with Gasteiger partial charge in [0.25, 0.3) is 0 Å². The van der Waals surface area contributed by atoms with E-state index in [0.717, 1.165) is 32.1 Å². The van der Waals surface area contributed by atoms with Crippen molar-refractivity contribution in [2.24, 2.45) is 0 Å². The molecule has 0 aromatic rings. The van der Waals surface area contributed by atoms with Crippen molar-refractivity contribution < 1.29 is 24.9 Å². The van der Waals surface area contributed by atoms with E-state index < -0.39 is 30.4 Å². The van der Waals surface area contributed by atoms with Crippen LogP contribution in [0.3, 0.4) is 0 Å². The summed E-state index contributed by atoms with van der Waals surface area (Å²) in [4.78, 5) is 11.1. The van der Waals surface area contributed by atoms with E-state index in [0.29, 0.717) is 6.42 Å². The molecular formula is C19H28O5. The number of carbonyl (C=O) groups is 1. The van der Waals surface area contributed by atoms with Crippen LogP contribution in [0.15, 0.2) is 12.7 Å². The lowest BCUT2D eigenvalue weighted by molar-refractivity contribution is -0.152. The van der Waals surface area contributed by atoms with Crippen LogP contribution in [0, 0.1) is 23.7 Å². The van der Waals surface area contributed by atoms with Gasteiger partial charge in [-0.1, -0.05) is 57.6 Å². The van der Waals surface area contributed by atoms with Gasteiger partial charge in [-0.3, -0.25) is 4.79 Å². The lowest BCUT2D eigenvalue weighted by Crippen LogP contribution is -2.39. The molecule has 0 bridgehead atoms. The van der Waals surface area contributed by atoms with Gasteiger partial charge in [-0.15, -0.1) is 0 Å². The van der Waals surface area contributed by atoms with Crippen LogP contribution in [0.1, 0.15) is 52.4 Å². The molecule has 0 aromatic heterocycles. The molecule has 4 atom stereocenters. The molecule has 24 heavy (non-hydrogen) atoms.